The van der Waals surface area contributed by atoms with Gasteiger partial charge in [-0.2, -0.15) is 0 Å². The van der Waals surface area contributed by atoms with Crippen molar-refractivity contribution < 1.29 is 14.1 Å². The van der Waals surface area contributed by atoms with E-state index in [0.717, 1.165) is 5.56 Å². The van der Waals surface area contributed by atoms with E-state index in [2.05, 4.69) is 15.5 Å². The van der Waals surface area contributed by atoms with E-state index in [1.807, 2.05) is 30.3 Å². The second kappa shape index (κ2) is 7.22. The maximum Gasteiger partial charge on any atom is 0.256 e. The summed E-state index contributed by atoms with van der Waals surface area (Å²) in [5.74, 6) is -1.37. The van der Waals surface area contributed by atoms with Gasteiger partial charge in [-0.3, -0.25) is 19.9 Å². The Labute approximate surface area is 143 Å². The summed E-state index contributed by atoms with van der Waals surface area (Å²) in [6, 6.07) is 14.4. The van der Waals surface area contributed by atoms with Gasteiger partial charge in [0.2, 0.25) is 5.88 Å². The number of nitrogens with one attached hydrogen (secondary N) is 1. The Balaban J connectivity index is 1.83. The number of pyridine rings is 1. The molecule has 3 rings (SSSR count). The van der Waals surface area contributed by atoms with Gasteiger partial charge in [0, 0.05) is 12.3 Å². The third-order valence-corrected chi connectivity index (χ3v) is 3.31. The number of rotatable bonds is 5. The first kappa shape index (κ1) is 16.1. The van der Waals surface area contributed by atoms with E-state index in [4.69, 9.17) is 10.3 Å². The first-order chi connectivity index (χ1) is 12.1. The lowest BCUT2D eigenvalue weighted by molar-refractivity contribution is -0.112. The fourth-order valence-corrected chi connectivity index (χ4v) is 2.17. The van der Waals surface area contributed by atoms with Gasteiger partial charge >= 0.3 is 0 Å². The molecule has 0 saturated heterocycles. The Kier molecular flexibility index (Phi) is 4.66. The number of primary amides is 1. The average molecular weight is 334 g/mol. The molecule has 1 aromatic carbocycles. The number of carbonyl (C=O) groups excluding carboxylic acids is 2. The lowest BCUT2D eigenvalue weighted by atomic mass is 10.1. The highest BCUT2D eigenvalue weighted by Crippen LogP contribution is 2.27. The fraction of sp³-hybridized carbons (Fsp3) is 0. The van der Waals surface area contributed by atoms with E-state index in [1.54, 1.807) is 30.5 Å². The Bertz CT molecular complexity index is 918. The molecule has 0 radical (unpaired) electrons. The molecule has 0 atom stereocenters. The molecule has 3 N–H and O–H groups in total. The Morgan fingerprint density at radius 3 is 2.52 bits per heavy atom. The van der Waals surface area contributed by atoms with Crippen LogP contribution >= 0.6 is 0 Å². The summed E-state index contributed by atoms with van der Waals surface area (Å²) >= 11 is 0. The van der Waals surface area contributed by atoms with Crippen molar-refractivity contribution >= 4 is 23.8 Å². The molecule has 25 heavy (non-hydrogen) atoms. The van der Waals surface area contributed by atoms with E-state index < -0.39 is 11.8 Å². The van der Waals surface area contributed by atoms with Crippen LogP contribution in [0.25, 0.3) is 17.5 Å². The molecule has 0 spiro atoms. The number of hydrogen-bond donors (Lipinski definition) is 2. The third kappa shape index (κ3) is 3.78. The Morgan fingerprint density at radius 1 is 1.08 bits per heavy atom. The van der Waals surface area contributed by atoms with Gasteiger partial charge in [-0.05, 0) is 23.8 Å². The quantitative estimate of drug-likeness (QED) is 0.696. The highest BCUT2D eigenvalue weighted by molar-refractivity contribution is 6.08. The van der Waals surface area contributed by atoms with Gasteiger partial charge < -0.3 is 10.3 Å². The summed E-state index contributed by atoms with van der Waals surface area (Å²) in [6.45, 7) is 0. The van der Waals surface area contributed by atoms with Crippen molar-refractivity contribution in [1.82, 2.24) is 10.1 Å². The van der Waals surface area contributed by atoms with Crippen LogP contribution in [0.15, 0.2) is 65.3 Å². The summed E-state index contributed by atoms with van der Waals surface area (Å²) in [7, 11) is 0. The molecule has 0 saturated carbocycles. The molecule has 0 fully saturated rings. The van der Waals surface area contributed by atoms with Crippen LogP contribution in [0.1, 0.15) is 15.9 Å². The highest BCUT2D eigenvalue weighted by Gasteiger charge is 2.23. The van der Waals surface area contributed by atoms with Crippen molar-refractivity contribution in [3.05, 3.63) is 71.9 Å². The largest absolute Gasteiger partial charge is 0.365 e. The number of hydrogen-bond acceptors (Lipinski definition) is 5. The van der Waals surface area contributed by atoms with Crippen molar-refractivity contribution in [3.63, 3.8) is 0 Å². The molecular weight excluding hydrogens is 320 g/mol. The van der Waals surface area contributed by atoms with Crippen LogP contribution in [0.3, 0.4) is 0 Å². The van der Waals surface area contributed by atoms with Gasteiger partial charge in [0.1, 0.15) is 11.3 Å². The zero-order valence-electron chi connectivity index (χ0n) is 13.0. The maximum atomic E-state index is 12.1. The molecule has 0 aliphatic carbocycles. The van der Waals surface area contributed by atoms with E-state index in [1.165, 1.54) is 6.08 Å². The molecule has 124 valence electrons. The number of amides is 2. The van der Waals surface area contributed by atoms with Crippen LogP contribution in [-0.4, -0.2) is 22.0 Å². The highest BCUT2D eigenvalue weighted by atomic mass is 16.5. The van der Waals surface area contributed by atoms with Crippen molar-refractivity contribution in [3.8, 4) is 11.4 Å². The van der Waals surface area contributed by atoms with Crippen LogP contribution in [0, 0.1) is 0 Å². The summed E-state index contributed by atoms with van der Waals surface area (Å²) in [4.78, 5) is 27.9. The average Bonchev–Trinajstić information content (AvgIpc) is 3.05. The van der Waals surface area contributed by atoms with Gasteiger partial charge in [-0.1, -0.05) is 41.6 Å². The molecule has 0 bridgehead atoms. The van der Waals surface area contributed by atoms with E-state index >= 15 is 0 Å². The van der Waals surface area contributed by atoms with E-state index in [9.17, 15) is 9.59 Å². The van der Waals surface area contributed by atoms with Gasteiger partial charge in [0.15, 0.2) is 0 Å². The number of anilines is 1. The normalized spacial score (nSPS) is 10.7. The fourth-order valence-electron chi connectivity index (χ4n) is 2.17. The molecule has 7 nitrogen and oxygen atoms in total. The number of aromatic nitrogens is 2. The monoisotopic (exact) mass is 334 g/mol. The second-order valence-electron chi connectivity index (χ2n) is 5.05. The summed E-state index contributed by atoms with van der Waals surface area (Å²) < 4.78 is 5.08. The molecule has 0 aliphatic rings. The Morgan fingerprint density at radius 2 is 1.84 bits per heavy atom. The van der Waals surface area contributed by atoms with Crippen molar-refractivity contribution in [1.29, 1.82) is 0 Å². The first-order valence-corrected chi connectivity index (χ1v) is 7.40. The number of nitrogens with two attached hydrogens (primary N) is 1. The van der Waals surface area contributed by atoms with Crippen LogP contribution in [-0.2, 0) is 4.79 Å². The predicted molar refractivity (Wildman–Crippen MR) is 92.4 cm³/mol. The number of carbonyl (C=O) groups is 2. The molecule has 2 heterocycles. The minimum Gasteiger partial charge on any atom is -0.365 e. The number of benzene rings is 1. The lowest BCUT2D eigenvalue weighted by Gasteiger charge is -2.00. The third-order valence-electron chi connectivity index (χ3n) is 3.31. The van der Waals surface area contributed by atoms with Crippen LogP contribution < -0.4 is 11.1 Å². The predicted octanol–water partition coefficient (Wildman–Crippen LogP) is 2.49. The summed E-state index contributed by atoms with van der Waals surface area (Å²) in [6.07, 6.45) is 4.51. The molecule has 2 amide bonds. The van der Waals surface area contributed by atoms with Crippen molar-refractivity contribution in [2.75, 3.05) is 5.32 Å². The summed E-state index contributed by atoms with van der Waals surface area (Å²) in [5, 5.41) is 6.27. The topological polar surface area (TPSA) is 111 Å². The number of nitrogens with zero attached hydrogens (tertiary/aromatic N) is 2. The molecule has 0 unspecified atom stereocenters. The van der Waals surface area contributed by atoms with E-state index in [-0.39, 0.29) is 17.1 Å². The standard InChI is InChI=1S/C18H14N4O3/c19-17(24)15-16(13-8-4-5-11-20-13)22-25-18(15)21-14(23)10-9-12-6-2-1-3-7-12/h1-11H,(H2,19,24)(H,21,23)/b10-9+. The van der Waals surface area contributed by atoms with Crippen molar-refractivity contribution in [2.24, 2.45) is 5.73 Å². The van der Waals surface area contributed by atoms with Gasteiger partial charge in [-0.25, -0.2) is 0 Å². The molecule has 3 aromatic rings. The SMILES string of the molecule is NC(=O)c1c(-c2ccccn2)noc1NC(=O)/C=C/c1ccccc1. The minimum absolute atomic E-state index is 0.0276. The van der Waals surface area contributed by atoms with Crippen LogP contribution in [0.4, 0.5) is 5.88 Å². The van der Waals surface area contributed by atoms with E-state index in [0.29, 0.717) is 5.69 Å². The van der Waals surface area contributed by atoms with Crippen LogP contribution in [0.5, 0.6) is 0 Å². The molecule has 2 aromatic heterocycles. The molecular formula is C18H14N4O3. The zero-order chi connectivity index (χ0) is 17.6. The Hall–Kier alpha value is -3.74. The van der Waals surface area contributed by atoms with Crippen molar-refractivity contribution in [2.45, 2.75) is 0 Å². The van der Waals surface area contributed by atoms with Gasteiger partial charge in [0.25, 0.3) is 11.8 Å². The maximum absolute atomic E-state index is 12.1. The second-order valence-corrected chi connectivity index (χ2v) is 5.05. The molecule has 0 aliphatic heterocycles. The lowest BCUT2D eigenvalue weighted by Crippen LogP contribution is -2.16. The first-order valence-electron chi connectivity index (χ1n) is 7.40. The smallest absolute Gasteiger partial charge is 0.256 e. The molecule has 7 heteroatoms. The van der Waals surface area contributed by atoms with Gasteiger partial charge in [0.05, 0.1) is 5.69 Å². The minimum atomic E-state index is -0.774. The van der Waals surface area contributed by atoms with Gasteiger partial charge in [-0.15, -0.1) is 0 Å². The summed E-state index contributed by atoms with van der Waals surface area (Å²) in [5.41, 5.74) is 6.83. The zero-order valence-corrected chi connectivity index (χ0v) is 13.0. The van der Waals surface area contributed by atoms with Crippen LogP contribution in [0.2, 0.25) is 0 Å².